The SMILES string of the molecule is O=C1N/C(=N\N=C\c2cccc([N+](=O)[O-])c2)S/C1=C/c1cccc(C(F)(F)F)c1. The van der Waals surface area contributed by atoms with Crippen LogP contribution < -0.4 is 5.32 Å². The summed E-state index contributed by atoms with van der Waals surface area (Å²) in [5.74, 6) is -0.517. The number of hydrogen-bond acceptors (Lipinski definition) is 6. The van der Waals surface area contributed by atoms with Gasteiger partial charge in [0, 0.05) is 17.7 Å². The van der Waals surface area contributed by atoms with Crippen molar-refractivity contribution in [1.82, 2.24) is 5.32 Å². The van der Waals surface area contributed by atoms with E-state index in [1.807, 2.05) is 0 Å². The first-order valence-electron chi connectivity index (χ1n) is 7.96. The van der Waals surface area contributed by atoms with Gasteiger partial charge in [-0.1, -0.05) is 24.3 Å². The lowest BCUT2D eigenvalue weighted by atomic mass is 10.1. The van der Waals surface area contributed by atoms with Crippen molar-refractivity contribution in [1.29, 1.82) is 0 Å². The van der Waals surface area contributed by atoms with Crippen LogP contribution in [0.25, 0.3) is 6.08 Å². The average Bonchev–Trinajstić information content (AvgIpc) is 3.01. The molecule has 0 aliphatic carbocycles. The van der Waals surface area contributed by atoms with E-state index >= 15 is 0 Å². The van der Waals surface area contributed by atoms with Gasteiger partial charge in [-0.15, -0.1) is 5.10 Å². The highest BCUT2D eigenvalue weighted by Gasteiger charge is 2.30. The van der Waals surface area contributed by atoms with Gasteiger partial charge < -0.3 is 0 Å². The lowest BCUT2D eigenvalue weighted by Crippen LogP contribution is -2.19. The van der Waals surface area contributed by atoms with Gasteiger partial charge in [0.1, 0.15) is 0 Å². The van der Waals surface area contributed by atoms with E-state index in [2.05, 4.69) is 15.5 Å². The van der Waals surface area contributed by atoms with Gasteiger partial charge in [0.15, 0.2) is 5.17 Å². The van der Waals surface area contributed by atoms with Crippen molar-refractivity contribution in [3.63, 3.8) is 0 Å². The molecule has 1 fully saturated rings. The molecule has 7 nitrogen and oxygen atoms in total. The summed E-state index contributed by atoms with van der Waals surface area (Å²) in [6.07, 6.45) is -1.88. The predicted molar refractivity (Wildman–Crippen MR) is 103 cm³/mol. The summed E-state index contributed by atoms with van der Waals surface area (Å²) in [5.41, 5.74) is -0.251. The van der Waals surface area contributed by atoms with Gasteiger partial charge in [-0.2, -0.15) is 18.3 Å². The van der Waals surface area contributed by atoms with Crippen LogP contribution in [0.4, 0.5) is 18.9 Å². The van der Waals surface area contributed by atoms with Gasteiger partial charge in [0.2, 0.25) is 0 Å². The molecule has 0 spiro atoms. The molecular formula is C18H11F3N4O3S. The summed E-state index contributed by atoms with van der Waals surface area (Å²) in [4.78, 5) is 22.4. The lowest BCUT2D eigenvalue weighted by molar-refractivity contribution is -0.384. The molecule has 148 valence electrons. The maximum Gasteiger partial charge on any atom is 0.416 e. The Morgan fingerprint density at radius 3 is 2.55 bits per heavy atom. The summed E-state index contributed by atoms with van der Waals surface area (Å²) in [5, 5.41) is 20.9. The third kappa shape index (κ3) is 5.29. The molecule has 3 rings (SSSR count). The molecule has 0 radical (unpaired) electrons. The molecule has 1 aliphatic rings. The zero-order valence-electron chi connectivity index (χ0n) is 14.4. The topological polar surface area (TPSA) is 97.0 Å². The zero-order valence-corrected chi connectivity index (χ0v) is 15.2. The van der Waals surface area contributed by atoms with E-state index in [0.717, 1.165) is 23.9 Å². The van der Waals surface area contributed by atoms with Gasteiger partial charge in [0.05, 0.1) is 21.6 Å². The summed E-state index contributed by atoms with van der Waals surface area (Å²) in [7, 11) is 0. The number of non-ortho nitro benzene ring substituents is 1. The molecule has 0 bridgehead atoms. The fraction of sp³-hybridized carbons (Fsp3) is 0.0556. The molecule has 0 saturated carbocycles. The van der Waals surface area contributed by atoms with E-state index < -0.39 is 22.6 Å². The molecule has 0 unspecified atom stereocenters. The summed E-state index contributed by atoms with van der Waals surface area (Å²) in [6, 6.07) is 10.3. The maximum absolute atomic E-state index is 12.8. The Labute approximate surface area is 166 Å². The highest BCUT2D eigenvalue weighted by atomic mass is 32.2. The number of alkyl halides is 3. The van der Waals surface area contributed by atoms with Gasteiger partial charge >= 0.3 is 6.18 Å². The monoisotopic (exact) mass is 420 g/mol. The Bertz CT molecular complexity index is 1060. The van der Waals surface area contributed by atoms with Crippen LogP contribution in [-0.2, 0) is 11.0 Å². The number of rotatable bonds is 4. The van der Waals surface area contributed by atoms with Crippen molar-refractivity contribution in [3.8, 4) is 0 Å². The van der Waals surface area contributed by atoms with Crippen LogP contribution in [0.1, 0.15) is 16.7 Å². The minimum Gasteiger partial charge on any atom is -0.299 e. The number of benzene rings is 2. The maximum atomic E-state index is 12.8. The number of carbonyl (C=O) groups excluding carboxylic acids is 1. The zero-order chi connectivity index (χ0) is 21.0. The third-order valence-electron chi connectivity index (χ3n) is 3.60. The van der Waals surface area contributed by atoms with Crippen molar-refractivity contribution in [2.45, 2.75) is 6.18 Å². The number of amidine groups is 1. The number of thioether (sulfide) groups is 1. The Balaban J connectivity index is 1.74. The number of amides is 1. The first-order valence-corrected chi connectivity index (χ1v) is 8.78. The molecule has 1 N–H and O–H groups in total. The summed E-state index contributed by atoms with van der Waals surface area (Å²) in [6.45, 7) is 0. The second-order valence-corrected chi connectivity index (χ2v) is 6.72. The van der Waals surface area contributed by atoms with Crippen LogP contribution in [0.3, 0.4) is 0 Å². The minimum absolute atomic E-state index is 0.101. The van der Waals surface area contributed by atoms with Crippen molar-refractivity contribution < 1.29 is 22.9 Å². The Morgan fingerprint density at radius 2 is 1.83 bits per heavy atom. The molecule has 1 heterocycles. The number of nitrogens with zero attached hydrogens (tertiary/aromatic N) is 3. The molecule has 11 heteroatoms. The van der Waals surface area contributed by atoms with E-state index in [0.29, 0.717) is 5.56 Å². The smallest absolute Gasteiger partial charge is 0.299 e. The fourth-order valence-electron chi connectivity index (χ4n) is 2.30. The molecule has 0 aromatic heterocycles. The van der Waals surface area contributed by atoms with E-state index in [1.165, 1.54) is 42.6 Å². The number of nitro groups is 1. The summed E-state index contributed by atoms with van der Waals surface area (Å²) >= 11 is 0.917. The second-order valence-electron chi connectivity index (χ2n) is 5.69. The average molecular weight is 420 g/mol. The number of hydrogen-bond donors (Lipinski definition) is 1. The molecule has 1 saturated heterocycles. The van der Waals surface area contributed by atoms with Crippen LogP contribution >= 0.6 is 11.8 Å². The molecular weight excluding hydrogens is 409 g/mol. The lowest BCUT2D eigenvalue weighted by Gasteiger charge is -2.06. The van der Waals surface area contributed by atoms with Crippen molar-refractivity contribution in [2.75, 3.05) is 0 Å². The van der Waals surface area contributed by atoms with Gasteiger partial charge in [-0.05, 0) is 35.5 Å². The second kappa shape index (κ2) is 8.27. The minimum atomic E-state index is -4.48. The first kappa shape index (κ1) is 20.3. The van der Waals surface area contributed by atoms with Crippen LogP contribution in [0, 0.1) is 10.1 Å². The van der Waals surface area contributed by atoms with Crippen molar-refractivity contribution in [3.05, 3.63) is 80.2 Å². The predicted octanol–water partition coefficient (Wildman–Crippen LogP) is 4.21. The van der Waals surface area contributed by atoms with Crippen LogP contribution in [0.2, 0.25) is 0 Å². The van der Waals surface area contributed by atoms with E-state index in [1.54, 1.807) is 6.07 Å². The number of nitrogens with one attached hydrogen (secondary N) is 1. The highest BCUT2D eigenvalue weighted by Crippen LogP contribution is 2.31. The van der Waals surface area contributed by atoms with Gasteiger partial charge in [-0.3, -0.25) is 20.2 Å². The van der Waals surface area contributed by atoms with Gasteiger partial charge in [0.25, 0.3) is 11.6 Å². The van der Waals surface area contributed by atoms with E-state index in [9.17, 15) is 28.1 Å². The normalized spacial score (nSPS) is 17.3. The van der Waals surface area contributed by atoms with Crippen LogP contribution in [0.5, 0.6) is 0 Å². The van der Waals surface area contributed by atoms with Crippen molar-refractivity contribution in [2.24, 2.45) is 10.2 Å². The van der Waals surface area contributed by atoms with E-state index in [4.69, 9.17) is 0 Å². The first-order chi connectivity index (χ1) is 13.7. The van der Waals surface area contributed by atoms with Crippen LogP contribution in [-0.4, -0.2) is 22.2 Å². The van der Waals surface area contributed by atoms with Gasteiger partial charge in [-0.25, -0.2) is 0 Å². The Kier molecular flexibility index (Phi) is 5.78. The number of halogens is 3. The molecule has 1 amide bonds. The molecule has 0 atom stereocenters. The molecule has 2 aromatic rings. The fourth-order valence-corrected chi connectivity index (χ4v) is 3.08. The third-order valence-corrected chi connectivity index (χ3v) is 4.50. The Hall–Kier alpha value is -3.47. The highest BCUT2D eigenvalue weighted by molar-refractivity contribution is 8.18. The molecule has 29 heavy (non-hydrogen) atoms. The standard InChI is InChI=1S/C18H11F3N4O3S/c19-18(20,21)13-5-1-3-11(7-13)9-15-16(26)23-17(29-15)24-22-10-12-4-2-6-14(8-12)25(27)28/h1-10H,(H,23,24,26)/b15-9+,22-10+. The Morgan fingerprint density at radius 1 is 1.10 bits per heavy atom. The van der Waals surface area contributed by atoms with Crippen LogP contribution in [0.15, 0.2) is 63.6 Å². The van der Waals surface area contributed by atoms with E-state index in [-0.39, 0.29) is 21.3 Å². The molecule has 2 aromatic carbocycles. The number of carbonyl (C=O) groups is 1. The van der Waals surface area contributed by atoms with Crippen molar-refractivity contribution >= 4 is 40.8 Å². The molecule has 1 aliphatic heterocycles. The largest absolute Gasteiger partial charge is 0.416 e. The number of nitro benzene ring substituents is 1. The summed E-state index contributed by atoms with van der Waals surface area (Å²) < 4.78 is 38.4. The quantitative estimate of drug-likeness (QED) is 0.347.